The number of esters is 2. The zero-order chi connectivity index (χ0) is 30.8. The number of fused-ring (bicyclic) bond motifs is 3. The Bertz CT molecular complexity index is 1280. The molecule has 4 aliphatic rings. The normalized spacial score (nSPS) is 41.5. The van der Waals surface area contributed by atoms with Crippen LogP contribution in [0.15, 0.2) is 29.5 Å². The molecule has 0 amide bonds. The Morgan fingerprint density at radius 2 is 1.83 bits per heavy atom. The lowest BCUT2D eigenvalue weighted by Gasteiger charge is -2.68. The van der Waals surface area contributed by atoms with Crippen molar-refractivity contribution in [3.8, 4) is 0 Å². The van der Waals surface area contributed by atoms with Gasteiger partial charge < -0.3 is 34.8 Å². The largest absolute Gasteiger partial charge is 0.502 e. The summed E-state index contributed by atoms with van der Waals surface area (Å²) >= 11 is 6.18. The van der Waals surface area contributed by atoms with E-state index in [4.69, 9.17) is 25.8 Å². The van der Waals surface area contributed by atoms with Crippen LogP contribution in [0.4, 0.5) is 5.69 Å². The molecule has 0 radical (unpaired) electrons. The molecule has 0 aromatic heterocycles. The molecule has 0 spiro atoms. The van der Waals surface area contributed by atoms with Gasteiger partial charge in [-0.3, -0.25) is 0 Å². The second-order valence-electron chi connectivity index (χ2n) is 13.6. The van der Waals surface area contributed by atoms with Crippen molar-refractivity contribution < 1.29 is 39.1 Å². The van der Waals surface area contributed by atoms with Crippen LogP contribution in [-0.2, 0) is 19.0 Å². The van der Waals surface area contributed by atoms with Gasteiger partial charge in [-0.25, -0.2) is 9.59 Å². The molecule has 1 unspecified atom stereocenters. The van der Waals surface area contributed by atoms with E-state index in [1.807, 2.05) is 13.8 Å². The van der Waals surface area contributed by atoms with Crippen LogP contribution in [0.3, 0.4) is 0 Å². The number of halogens is 1. The zero-order valence-electron chi connectivity index (χ0n) is 25.3. The number of methoxy groups -OCH3 is 1. The summed E-state index contributed by atoms with van der Waals surface area (Å²) in [5.41, 5.74) is -0.182. The van der Waals surface area contributed by atoms with Gasteiger partial charge in [0, 0.05) is 36.2 Å². The second-order valence-corrected chi connectivity index (χ2v) is 14.1. The molecule has 9 nitrogen and oxygen atoms in total. The summed E-state index contributed by atoms with van der Waals surface area (Å²) in [6.45, 7) is 8.58. The van der Waals surface area contributed by atoms with Crippen LogP contribution < -0.4 is 5.32 Å². The number of nitrogens with one attached hydrogen (secondary N) is 1. The molecule has 1 aromatic carbocycles. The minimum Gasteiger partial charge on any atom is -0.502 e. The highest BCUT2D eigenvalue weighted by Gasteiger charge is 2.67. The molecular weight excluding hydrogens is 562 g/mol. The molecule has 3 fully saturated rings. The van der Waals surface area contributed by atoms with Crippen LogP contribution >= 0.6 is 11.6 Å². The maximum Gasteiger partial charge on any atom is 0.376 e. The number of ether oxygens (including phenoxy) is 3. The van der Waals surface area contributed by atoms with Gasteiger partial charge in [-0.1, -0.05) is 39.3 Å². The number of hydrogen-bond donors (Lipinski definition) is 4. The molecule has 1 aliphatic heterocycles. The third-order valence-corrected chi connectivity index (χ3v) is 12.0. The van der Waals surface area contributed by atoms with Gasteiger partial charge in [-0.15, -0.1) is 0 Å². The van der Waals surface area contributed by atoms with Crippen LogP contribution in [0.2, 0.25) is 5.02 Å². The maximum atomic E-state index is 13.3. The van der Waals surface area contributed by atoms with Gasteiger partial charge in [0.05, 0.1) is 30.0 Å². The van der Waals surface area contributed by atoms with Crippen LogP contribution in [-0.4, -0.2) is 66.5 Å². The lowest BCUT2D eigenvalue weighted by atomic mass is 9.37. The predicted molar refractivity (Wildman–Crippen MR) is 157 cm³/mol. The molecular formula is C32H44ClNO8. The Morgan fingerprint density at radius 1 is 1.14 bits per heavy atom. The lowest BCUT2D eigenvalue weighted by Crippen LogP contribution is -2.65. The topological polar surface area (TPSA) is 135 Å². The van der Waals surface area contributed by atoms with Crippen LogP contribution in [0.1, 0.15) is 70.2 Å². The maximum absolute atomic E-state index is 13.3. The van der Waals surface area contributed by atoms with E-state index in [-0.39, 0.29) is 52.8 Å². The van der Waals surface area contributed by atoms with Crippen LogP contribution in [0, 0.1) is 39.9 Å². The van der Waals surface area contributed by atoms with E-state index in [1.165, 1.54) is 0 Å². The van der Waals surface area contributed by atoms with E-state index >= 15 is 0 Å². The molecule has 5 rings (SSSR count). The molecule has 0 bridgehead atoms. The molecule has 3 saturated carbocycles. The van der Waals surface area contributed by atoms with Gasteiger partial charge in [0.25, 0.3) is 0 Å². The average Bonchev–Trinajstić information content (AvgIpc) is 3.19. The summed E-state index contributed by atoms with van der Waals surface area (Å²) in [5, 5.41) is 36.4. The van der Waals surface area contributed by atoms with Gasteiger partial charge in [0.1, 0.15) is 0 Å². The molecule has 4 N–H and O–H groups in total. The first kappa shape index (κ1) is 31.1. The number of benzene rings is 1. The van der Waals surface area contributed by atoms with E-state index < -0.39 is 35.5 Å². The summed E-state index contributed by atoms with van der Waals surface area (Å²) in [7, 11) is 3.40. The fourth-order valence-corrected chi connectivity index (χ4v) is 9.85. The molecule has 42 heavy (non-hydrogen) atoms. The van der Waals surface area contributed by atoms with Gasteiger partial charge in [-0.2, -0.15) is 0 Å². The minimum absolute atomic E-state index is 0.0169. The fourth-order valence-electron chi connectivity index (χ4n) is 9.67. The second kappa shape index (κ2) is 11.0. The quantitative estimate of drug-likeness (QED) is 0.327. The first-order valence-corrected chi connectivity index (χ1v) is 15.3. The summed E-state index contributed by atoms with van der Waals surface area (Å²) in [6, 6.07) is 5.01. The SMILES string of the molecule is CNc1ccc(Cl)cc1C(=O)OC[C@@]1(C)[C@@H]2CC[C@@]3(C)[C@H](C[C@H](OC)[C@@H](C)[C@@H]3C3=C(O)C(=O)OC3O)[C@@]2(C)CC[C@@H]1O. The summed E-state index contributed by atoms with van der Waals surface area (Å²) in [6.07, 6.45) is 1.21. The van der Waals surface area contributed by atoms with Crippen LogP contribution in [0.25, 0.3) is 0 Å². The minimum atomic E-state index is -1.49. The highest BCUT2D eigenvalue weighted by molar-refractivity contribution is 6.31. The highest BCUT2D eigenvalue weighted by Crippen LogP contribution is 2.70. The molecule has 0 saturated heterocycles. The number of aliphatic hydroxyl groups is 3. The molecule has 232 valence electrons. The number of rotatable bonds is 6. The van der Waals surface area contributed by atoms with Gasteiger partial charge in [-0.05, 0) is 78.9 Å². The Kier molecular flexibility index (Phi) is 8.14. The van der Waals surface area contributed by atoms with Crippen molar-refractivity contribution >= 4 is 29.2 Å². The van der Waals surface area contributed by atoms with Crippen molar-refractivity contribution in [3.63, 3.8) is 0 Å². The van der Waals surface area contributed by atoms with Gasteiger partial charge in [0.15, 0.2) is 0 Å². The first-order chi connectivity index (χ1) is 19.7. The molecule has 1 aromatic rings. The smallest absolute Gasteiger partial charge is 0.376 e. The van der Waals surface area contributed by atoms with Gasteiger partial charge >= 0.3 is 11.9 Å². The van der Waals surface area contributed by atoms with E-state index in [0.717, 1.165) is 25.7 Å². The number of carbonyl (C=O) groups is 2. The fraction of sp³-hybridized carbons (Fsp3) is 0.688. The number of cyclic esters (lactones) is 1. The Balaban J connectivity index is 1.49. The molecule has 3 aliphatic carbocycles. The zero-order valence-corrected chi connectivity index (χ0v) is 26.0. The van der Waals surface area contributed by atoms with Crippen molar-refractivity contribution in [2.24, 2.45) is 39.9 Å². The lowest BCUT2D eigenvalue weighted by molar-refractivity contribution is -0.226. The number of aliphatic hydroxyl groups excluding tert-OH is 3. The van der Waals surface area contributed by atoms with Crippen molar-refractivity contribution in [1.82, 2.24) is 0 Å². The van der Waals surface area contributed by atoms with Gasteiger partial charge in [0.2, 0.25) is 12.0 Å². The third-order valence-electron chi connectivity index (χ3n) is 11.7. The Hall–Kier alpha value is -2.33. The monoisotopic (exact) mass is 605 g/mol. The molecule has 10 atom stereocenters. The molecule has 10 heteroatoms. The summed E-state index contributed by atoms with van der Waals surface area (Å²) in [4.78, 5) is 25.5. The van der Waals surface area contributed by atoms with E-state index in [1.54, 1.807) is 32.4 Å². The first-order valence-electron chi connectivity index (χ1n) is 14.9. The third kappa shape index (κ3) is 4.62. The number of carbonyl (C=O) groups excluding carboxylic acids is 2. The van der Waals surface area contributed by atoms with E-state index in [2.05, 4.69) is 19.2 Å². The summed E-state index contributed by atoms with van der Waals surface area (Å²) < 4.78 is 17.0. The number of hydrogen-bond acceptors (Lipinski definition) is 9. The van der Waals surface area contributed by atoms with Crippen molar-refractivity contribution in [2.45, 2.75) is 78.3 Å². The van der Waals surface area contributed by atoms with E-state index in [0.29, 0.717) is 22.7 Å². The Morgan fingerprint density at radius 3 is 2.45 bits per heavy atom. The predicted octanol–water partition coefficient (Wildman–Crippen LogP) is 5.10. The van der Waals surface area contributed by atoms with E-state index in [9.17, 15) is 24.9 Å². The Labute approximate surface area is 252 Å². The van der Waals surface area contributed by atoms with Crippen LogP contribution in [0.5, 0.6) is 0 Å². The summed E-state index contributed by atoms with van der Waals surface area (Å²) in [5.74, 6) is -2.25. The molecule has 1 heterocycles. The highest BCUT2D eigenvalue weighted by atomic mass is 35.5. The van der Waals surface area contributed by atoms with Crippen molar-refractivity contribution in [2.75, 3.05) is 26.1 Å². The standard InChI is InChI=1S/C32H44ClNO8/c1-16-20(40-6)14-22-30(2)12-10-23(35)32(4,15-41-27(37)18-13-17(33)7-8-19(18)34-5)21(30)9-11-31(22,3)25(16)24-26(36)29(39)42-28(24)38/h7-8,13,16,20-23,25,28,34-36,38H,9-12,14-15H2,1-6H3/t16-,20+,21-,22-,23+,25-,28?,30+,31+,32+/m1/s1. The average molecular weight is 606 g/mol. The number of anilines is 1. The van der Waals surface area contributed by atoms with Crippen molar-refractivity contribution in [3.05, 3.63) is 40.1 Å². The van der Waals surface area contributed by atoms with Crippen molar-refractivity contribution in [1.29, 1.82) is 0 Å².